The zero-order valence-electron chi connectivity index (χ0n) is 10.2. The Hall–Kier alpha value is -1.42. The molecule has 2 rings (SSSR count). The third kappa shape index (κ3) is 2.64. The maximum Gasteiger partial charge on any atom is 0.225 e. The van der Waals surface area contributed by atoms with Crippen molar-refractivity contribution in [1.29, 1.82) is 0 Å². The van der Waals surface area contributed by atoms with Crippen molar-refractivity contribution in [3.05, 3.63) is 40.7 Å². The number of rotatable bonds is 3. The van der Waals surface area contributed by atoms with E-state index in [1.165, 1.54) is 0 Å². The van der Waals surface area contributed by atoms with Crippen LogP contribution in [0.4, 0.5) is 0 Å². The zero-order chi connectivity index (χ0) is 12.4. The first-order valence-corrected chi connectivity index (χ1v) is 5.97. The van der Waals surface area contributed by atoms with E-state index in [9.17, 15) is 0 Å². The Morgan fingerprint density at radius 1 is 1.29 bits per heavy atom. The number of nitrogens with zero attached hydrogens (tertiary/aromatic N) is 4. The van der Waals surface area contributed by atoms with Crippen LogP contribution >= 0.6 is 11.6 Å². The Balaban J connectivity index is 2.32. The first kappa shape index (κ1) is 12.0. The van der Waals surface area contributed by atoms with E-state index in [2.05, 4.69) is 29.0 Å². The molecule has 0 unspecified atom stereocenters. The van der Waals surface area contributed by atoms with E-state index in [1.807, 2.05) is 29.7 Å². The predicted octanol–water partition coefficient (Wildman–Crippen LogP) is 2.81. The van der Waals surface area contributed by atoms with E-state index >= 15 is 0 Å². The molecule has 0 aliphatic carbocycles. The Morgan fingerprint density at radius 3 is 2.71 bits per heavy atom. The van der Waals surface area contributed by atoms with Crippen LogP contribution in [0.3, 0.4) is 0 Å². The van der Waals surface area contributed by atoms with Crippen molar-refractivity contribution >= 4 is 11.6 Å². The van der Waals surface area contributed by atoms with Crippen LogP contribution in [0.2, 0.25) is 5.28 Å². The lowest BCUT2D eigenvalue weighted by Gasteiger charge is -2.09. The van der Waals surface area contributed by atoms with Crippen molar-refractivity contribution in [1.82, 2.24) is 19.7 Å². The molecule has 17 heavy (non-hydrogen) atoms. The van der Waals surface area contributed by atoms with E-state index in [1.54, 1.807) is 0 Å². The van der Waals surface area contributed by atoms with Gasteiger partial charge in [-0.15, -0.1) is 10.2 Å². The molecule has 2 heterocycles. The summed E-state index contributed by atoms with van der Waals surface area (Å²) in [5.41, 5.74) is 1.96. The zero-order valence-corrected chi connectivity index (χ0v) is 10.9. The highest BCUT2D eigenvalue weighted by molar-refractivity contribution is 6.28. The maximum absolute atomic E-state index is 6.04. The highest BCUT2D eigenvalue weighted by Crippen LogP contribution is 2.17. The first-order valence-electron chi connectivity index (χ1n) is 5.59. The summed E-state index contributed by atoms with van der Waals surface area (Å²) < 4.78 is 1.90. The van der Waals surface area contributed by atoms with Crippen LogP contribution < -0.4 is 0 Å². The molecule has 0 bridgehead atoms. The minimum absolute atomic E-state index is 0.291. The standard InChI is InChI=1S/C12H15ClN4/c1-8(2)11-15-16-12(13)17(11)7-10-6-4-5-9(3)14-10/h4-6,8H,7H2,1-3H3. The van der Waals surface area contributed by atoms with E-state index in [0.29, 0.717) is 17.7 Å². The van der Waals surface area contributed by atoms with Gasteiger partial charge in [0.05, 0.1) is 12.2 Å². The van der Waals surface area contributed by atoms with Gasteiger partial charge in [-0.3, -0.25) is 9.55 Å². The van der Waals surface area contributed by atoms with Gasteiger partial charge in [0.15, 0.2) is 0 Å². The Kier molecular flexibility index (Phi) is 3.43. The fraction of sp³-hybridized carbons (Fsp3) is 0.417. The summed E-state index contributed by atoms with van der Waals surface area (Å²) in [4.78, 5) is 4.45. The summed E-state index contributed by atoms with van der Waals surface area (Å²) in [5.74, 6) is 1.18. The van der Waals surface area contributed by atoms with Crippen LogP contribution in [0, 0.1) is 6.92 Å². The molecule has 0 saturated heterocycles. The summed E-state index contributed by atoms with van der Waals surface area (Å²) in [6.45, 7) is 6.72. The van der Waals surface area contributed by atoms with E-state index < -0.39 is 0 Å². The normalized spacial score (nSPS) is 11.1. The van der Waals surface area contributed by atoms with E-state index in [-0.39, 0.29) is 0 Å². The molecule has 0 atom stereocenters. The van der Waals surface area contributed by atoms with Crippen LogP contribution in [0.5, 0.6) is 0 Å². The maximum atomic E-state index is 6.04. The lowest BCUT2D eigenvalue weighted by Crippen LogP contribution is -2.08. The molecule has 5 heteroatoms. The van der Waals surface area contributed by atoms with Gasteiger partial charge in [0.1, 0.15) is 5.82 Å². The molecule has 2 aromatic heterocycles. The fourth-order valence-corrected chi connectivity index (χ4v) is 1.90. The third-order valence-corrected chi connectivity index (χ3v) is 2.80. The van der Waals surface area contributed by atoms with Crippen molar-refractivity contribution in [3.63, 3.8) is 0 Å². The third-order valence-electron chi connectivity index (χ3n) is 2.52. The number of aryl methyl sites for hydroxylation is 1. The quantitative estimate of drug-likeness (QED) is 0.841. The predicted molar refractivity (Wildman–Crippen MR) is 67.2 cm³/mol. The number of hydrogen-bond acceptors (Lipinski definition) is 3. The molecular weight excluding hydrogens is 236 g/mol. The van der Waals surface area contributed by atoms with Crippen LogP contribution in [0.25, 0.3) is 0 Å². The number of pyridine rings is 1. The van der Waals surface area contributed by atoms with Gasteiger partial charge in [0.25, 0.3) is 0 Å². The van der Waals surface area contributed by atoms with Gasteiger partial charge in [-0.25, -0.2) is 0 Å². The SMILES string of the molecule is Cc1cccc(Cn2c(Cl)nnc2C(C)C)n1. The largest absolute Gasteiger partial charge is 0.295 e. The van der Waals surface area contributed by atoms with Crippen LogP contribution in [0.15, 0.2) is 18.2 Å². The summed E-state index contributed by atoms with van der Waals surface area (Å²) in [6, 6.07) is 5.94. The second-order valence-electron chi connectivity index (χ2n) is 4.34. The molecule has 0 fully saturated rings. The molecule has 0 saturated carbocycles. The molecule has 0 aliphatic heterocycles. The molecule has 0 spiro atoms. The first-order chi connectivity index (χ1) is 8.08. The number of halogens is 1. The van der Waals surface area contributed by atoms with Gasteiger partial charge in [-0.05, 0) is 30.7 Å². The number of aromatic nitrogens is 4. The van der Waals surface area contributed by atoms with Crippen LogP contribution in [-0.2, 0) is 6.54 Å². The second kappa shape index (κ2) is 4.84. The average Bonchev–Trinajstić information content (AvgIpc) is 2.61. The Morgan fingerprint density at radius 2 is 2.06 bits per heavy atom. The van der Waals surface area contributed by atoms with Gasteiger partial charge in [0, 0.05) is 11.6 Å². The monoisotopic (exact) mass is 250 g/mol. The van der Waals surface area contributed by atoms with Crippen LogP contribution in [0.1, 0.15) is 37.0 Å². The van der Waals surface area contributed by atoms with Crippen molar-refractivity contribution in [2.24, 2.45) is 0 Å². The summed E-state index contributed by atoms with van der Waals surface area (Å²) in [6.07, 6.45) is 0. The van der Waals surface area contributed by atoms with Crippen molar-refractivity contribution < 1.29 is 0 Å². The molecule has 2 aromatic rings. The average molecular weight is 251 g/mol. The highest BCUT2D eigenvalue weighted by atomic mass is 35.5. The minimum Gasteiger partial charge on any atom is -0.295 e. The molecule has 0 aromatic carbocycles. The van der Waals surface area contributed by atoms with Gasteiger partial charge in [-0.2, -0.15) is 0 Å². The molecule has 0 N–H and O–H groups in total. The summed E-state index contributed by atoms with van der Waals surface area (Å²) in [5, 5.41) is 8.41. The molecule has 0 amide bonds. The Bertz CT molecular complexity index is 519. The lowest BCUT2D eigenvalue weighted by atomic mass is 10.2. The van der Waals surface area contributed by atoms with Gasteiger partial charge >= 0.3 is 0 Å². The summed E-state index contributed by atoms with van der Waals surface area (Å²) >= 11 is 6.04. The van der Waals surface area contributed by atoms with Crippen molar-refractivity contribution in [3.8, 4) is 0 Å². The molecular formula is C12H15ClN4. The van der Waals surface area contributed by atoms with Crippen molar-refractivity contribution in [2.45, 2.75) is 33.2 Å². The minimum atomic E-state index is 0.291. The van der Waals surface area contributed by atoms with Gasteiger partial charge < -0.3 is 0 Å². The molecule has 0 radical (unpaired) electrons. The molecule has 90 valence electrons. The van der Waals surface area contributed by atoms with Crippen molar-refractivity contribution in [2.75, 3.05) is 0 Å². The summed E-state index contributed by atoms with van der Waals surface area (Å²) in [7, 11) is 0. The smallest absolute Gasteiger partial charge is 0.225 e. The second-order valence-corrected chi connectivity index (χ2v) is 4.68. The van der Waals surface area contributed by atoms with Gasteiger partial charge in [0.2, 0.25) is 5.28 Å². The topological polar surface area (TPSA) is 43.6 Å². The van der Waals surface area contributed by atoms with Gasteiger partial charge in [-0.1, -0.05) is 19.9 Å². The Labute approximate surface area is 106 Å². The molecule has 4 nitrogen and oxygen atoms in total. The van der Waals surface area contributed by atoms with Crippen LogP contribution in [-0.4, -0.2) is 19.7 Å². The molecule has 0 aliphatic rings. The van der Waals surface area contributed by atoms with E-state index in [0.717, 1.165) is 17.2 Å². The number of hydrogen-bond donors (Lipinski definition) is 0. The lowest BCUT2D eigenvalue weighted by molar-refractivity contribution is 0.660. The fourth-order valence-electron chi connectivity index (χ4n) is 1.72. The highest BCUT2D eigenvalue weighted by Gasteiger charge is 2.13. The van der Waals surface area contributed by atoms with E-state index in [4.69, 9.17) is 11.6 Å².